The van der Waals surface area contributed by atoms with Crippen LogP contribution in [0.15, 0.2) is 12.1 Å². The van der Waals surface area contributed by atoms with Gasteiger partial charge in [0.1, 0.15) is 0 Å². The van der Waals surface area contributed by atoms with E-state index in [0.29, 0.717) is 10.8 Å². The van der Waals surface area contributed by atoms with Crippen LogP contribution in [0.2, 0.25) is 5.02 Å². The zero-order valence-electron chi connectivity index (χ0n) is 8.68. The SMILES string of the molecule is CCCNCc1cc(Cl)c2c(c1)OCO2. The number of fused-ring (bicyclic) bond motifs is 1. The molecular weight excluding hydrogens is 214 g/mol. The van der Waals surface area contributed by atoms with Crippen molar-refractivity contribution in [2.24, 2.45) is 0 Å². The van der Waals surface area contributed by atoms with E-state index in [1.807, 2.05) is 12.1 Å². The van der Waals surface area contributed by atoms with Crippen LogP contribution in [0.1, 0.15) is 18.9 Å². The van der Waals surface area contributed by atoms with Gasteiger partial charge in [-0.05, 0) is 30.7 Å². The average Bonchev–Trinajstić information content (AvgIpc) is 2.66. The molecule has 0 saturated carbocycles. The Morgan fingerprint density at radius 3 is 3.07 bits per heavy atom. The zero-order chi connectivity index (χ0) is 10.7. The number of hydrogen-bond acceptors (Lipinski definition) is 3. The molecule has 0 aromatic heterocycles. The quantitative estimate of drug-likeness (QED) is 0.802. The molecule has 0 unspecified atom stereocenters. The molecule has 82 valence electrons. The van der Waals surface area contributed by atoms with E-state index in [-0.39, 0.29) is 6.79 Å². The number of benzene rings is 1. The normalized spacial score (nSPS) is 13.2. The fraction of sp³-hybridized carbons (Fsp3) is 0.455. The first-order valence-electron chi connectivity index (χ1n) is 5.10. The smallest absolute Gasteiger partial charge is 0.231 e. The molecule has 3 nitrogen and oxygen atoms in total. The predicted molar refractivity (Wildman–Crippen MR) is 59.6 cm³/mol. The van der Waals surface area contributed by atoms with E-state index in [1.165, 1.54) is 0 Å². The Bertz CT molecular complexity index is 355. The molecule has 2 rings (SSSR count). The molecule has 0 atom stereocenters. The summed E-state index contributed by atoms with van der Waals surface area (Å²) in [5, 5.41) is 3.94. The lowest BCUT2D eigenvalue weighted by atomic mass is 10.2. The molecule has 1 aliphatic heterocycles. The minimum Gasteiger partial charge on any atom is -0.454 e. The molecule has 0 bridgehead atoms. The van der Waals surface area contributed by atoms with Gasteiger partial charge in [-0.3, -0.25) is 0 Å². The van der Waals surface area contributed by atoms with Crippen LogP contribution in [0.5, 0.6) is 11.5 Å². The molecule has 1 aromatic carbocycles. The summed E-state index contributed by atoms with van der Waals surface area (Å²) in [4.78, 5) is 0. The van der Waals surface area contributed by atoms with Gasteiger partial charge >= 0.3 is 0 Å². The Labute approximate surface area is 94.3 Å². The molecule has 0 aliphatic carbocycles. The number of ether oxygens (including phenoxy) is 2. The van der Waals surface area contributed by atoms with Gasteiger partial charge in [0, 0.05) is 6.54 Å². The van der Waals surface area contributed by atoms with E-state index in [1.54, 1.807) is 0 Å². The fourth-order valence-corrected chi connectivity index (χ4v) is 1.82. The standard InChI is InChI=1S/C11H14ClNO2/c1-2-3-13-6-8-4-9(12)11-10(5-8)14-7-15-11/h4-5,13H,2-3,6-7H2,1H3. The van der Waals surface area contributed by atoms with Gasteiger partial charge < -0.3 is 14.8 Å². The van der Waals surface area contributed by atoms with Crippen molar-refractivity contribution in [2.45, 2.75) is 19.9 Å². The monoisotopic (exact) mass is 227 g/mol. The molecule has 1 heterocycles. The van der Waals surface area contributed by atoms with Gasteiger partial charge in [0.2, 0.25) is 6.79 Å². The number of halogens is 1. The molecule has 1 aliphatic rings. The highest BCUT2D eigenvalue weighted by Crippen LogP contribution is 2.39. The summed E-state index contributed by atoms with van der Waals surface area (Å²) in [5.41, 5.74) is 1.12. The van der Waals surface area contributed by atoms with Crippen LogP contribution in [0.25, 0.3) is 0 Å². The van der Waals surface area contributed by atoms with Crippen LogP contribution in [0.4, 0.5) is 0 Å². The maximum atomic E-state index is 6.05. The highest BCUT2D eigenvalue weighted by atomic mass is 35.5. The largest absolute Gasteiger partial charge is 0.454 e. The average molecular weight is 228 g/mol. The molecule has 1 N–H and O–H groups in total. The highest BCUT2D eigenvalue weighted by Gasteiger charge is 2.17. The Balaban J connectivity index is 2.09. The van der Waals surface area contributed by atoms with Crippen molar-refractivity contribution < 1.29 is 9.47 Å². The lowest BCUT2D eigenvalue weighted by molar-refractivity contribution is 0.174. The maximum Gasteiger partial charge on any atom is 0.231 e. The topological polar surface area (TPSA) is 30.5 Å². The van der Waals surface area contributed by atoms with Crippen molar-refractivity contribution in [3.8, 4) is 11.5 Å². The van der Waals surface area contributed by atoms with Crippen molar-refractivity contribution >= 4 is 11.6 Å². The Kier molecular flexibility index (Phi) is 3.34. The van der Waals surface area contributed by atoms with Crippen molar-refractivity contribution in [3.05, 3.63) is 22.7 Å². The second-order valence-corrected chi connectivity index (χ2v) is 3.90. The van der Waals surface area contributed by atoms with E-state index in [0.717, 1.165) is 30.8 Å². The van der Waals surface area contributed by atoms with Crippen LogP contribution >= 0.6 is 11.6 Å². The van der Waals surface area contributed by atoms with Gasteiger partial charge in [-0.1, -0.05) is 18.5 Å². The molecule has 15 heavy (non-hydrogen) atoms. The van der Waals surface area contributed by atoms with E-state index < -0.39 is 0 Å². The summed E-state index contributed by atoms with van der Waals surface area (Å²) in [6.07, 6.45) is 1.12. The van der Waals surface area contributed by atoms with Crippen molar-refractivity contribution in [3.63, 3.8) is 0 Å². The lowest BCUT2D eigenvalue weighted by Gasteiger charge is -2.05. The molecule has 4 heteroatoms. The maximum absolute atomic E-state index is 6.05. The van der Waals surface area contributed by atoms with Crippen molar-refractivity contribution in [2.75, 3.05) is 13.3 Å². The van der Waals surface area contributed by atoms with E-state index in [2.05, 4.69) is 12.2 Å². The lowest BCUT2D eigenvalue weighted by Crippen LogP contribution is -2.13. The first-order chi connectivity index (χ1) is 7.31. The summed E-state index contributed by atoms with van der Waals surface area (Å²) in [7, 11) is 0. The molecule has 0 saturated heterocycles. The van der Waals surface area contributed by atoms with Crippen LogP contribution < -0.4 is 14.8 Å². The van der Waals surface area contributed by atoms with Gasteiger partial charge in [-0.15, -0.1) is 0 Å². The van der Waals surface area contributed by atoms with E-state index in [4.69, 9.17) is 21.1 Å². The summed E-state index contributed by atoms with van der Waals surface area (Å²) < 4.78 is 10.5. The van der Waals surface area contributed by atoms with Crippen LogP contribution in [0, 0.1) is 0 Å². The zero-order valence-corrected chi connectivity index (χ0v) is 9.43. The summed E-state index contributed by atoms with van der Waals surface area (Å²) in [6, 6.07) is 3.88. The summed E-state index contributed by atoms with van der Waals surface area (Å²) in [5.74, 6) is 1.41. The minimum absolute atomic E-state index is 0.265. The molecule has 0 amide bonds. The summed E-state index contributed by atoms with van der Waals surface area (Å²) >= 11 is 6.05. The molecular formula is C11H14ClNO2. The van der Waals surface area contributed by atoms with Crippen molar-refractivity contribution in [1.82, 2.24) is 5.32 Å². The molecule has 0 fully saturated rings. The van der Waals surface area contributed by atoms with E-state index >= 15 is 0 Å². The van der Waals surface area contributed by atoms with Gasteiger partial charge in [0.25, 0.3) is 0 Å². The third-order valence-corrected chi connectivity index (χ3v) is 2.52. The van der Waals surface area contributed by atoms with Gasteiger partial charge in [-0.2, -0.15) is 0 Å². The van der Waals surface area contributed by atoms with Gasteiger partial charge in [-0.25, -0.2) is 0 Å². The molecule has 1 aromatic rings. The minimum atomic E-state index is 0.265. The van der Waals surface area contributed by atoms with Crippen molar-refractivity contribution in [1.29, 1.82) is 0 Å². The predicted octanol–water partition coefficient (Wildman–Crippen LogP) is 2.57. The third-order valence-electron chi connectivity index (χ3n) is 2.24. The Morgan fingerprint density at radius 2 is 2.27 bits per heavy atom. The highest BCUT2D eigenvalue weighted by molar-refractivity contribution is 6.32. The van der Waals surface area contributed by atoms with Crippen LogP contribution in [-0.2, 0) is 6.54 Å². The fourth-order valence-electron chi connectivity index (χ4n) is 1.53. The Hall–Kier alpha value is -0.930. The molecule has 0 spiro atoms. The second kappa shape index (κ2) is 4.73. The summed E-state index contributed by atoms with van der Waals surface area (Å²) in [6.45, 7) is 4.22. The molecule has 0 radical (unpaired) electrons. The van der Waals surface area contributed by atoms with Crippen LogP contribution in [0.3, 0.4) is 0 Å². The number of nitrogens with one attached hydrogen (secondary N) is 1. The van der Waals surface area contributed by atoms with E-state index in [9.17, 15) is 0 Å². The third kappa shape index (κ3) is 2.36. The van der Waals surface area contributed by atoms with Gasteiger partial charge in [0.15, 0.2) is 11.5 Å². The van der Waals surface area contributed by atoms with Crippen LogP contribution in [-0.4, -0.2) is 13.3 Å². The van der Waals surface area contributed by atoms with Gasteiger partial charge in [0.05, 0.1) is 5.02 Å². The number of rotatable bonds is 4. The Morgan fingerprint density at radius 1 is 1.40 bits per heavy atom. The first kappa shape index (κ1) is 10.6. The number of hydrogen-bond donors (Lipinski definition) is 1. The second-order valence-electron chi connectivity index (χ2n) is 3.49. The first-order valence-corrected chi connectivity index (χ1v) is 5.48.